The second-order valence-corrected chi connectivity index (χ2v) is 5.52. The van der Waals surface area contributed by atoms with Crippen molar-refractivity contribution in [2.45, 2.75) is 6.92 Å². The van der Waals surface area contributed by atoms with Crippen LogP contribution in [0.2, 0.25) is 0 Å². The Balaban J connectivity index is 2.07. The number of H-pyrrole nitrogens is 1. The molecule has 0 aliphatic carbocycles. The first-order valence-corrected chi connectivity index (χ1v) is 7.47. The summed E-state index contributed by atoms with van der Waals surface area (Å²) in [6.07, 6.45) is 1.58. The van der Waals surface area contributed by atoms with Gasteiger partial charge in [0.1, 0.15) is 17.6 Å². The molecule has 0 spiro atoms. The van der Waals surface area contributed by atoms with Crippen LogP contribution in [0, 0.1) is 28.8 Å². The van der Waals surface area contributed by atoms with Crippen LogP contribution in [0.5, 0.6) is 0 Å². The molecule has 0 saturated heterocycles. The number of nitrogens with zero attached hydrogens (tertiary/aromatic N) is 5. The third-order valence-electron chi connectivity index (χ3n) is 3.77. The average molecular weight is 340 g/mol. The fourth-order valence-electron chi connectivity index (χ4n) is 2.30. The summed E-state index contributed by atoms with van der Waals surface area (Å²) in [6, 6.07) is 10.1. The lowest BCUT2D eigenvalue weighted by Crippen LogP contribution is -1.98. The predicted octanol–water partition coefficient (Wildman–Crippen LogP) is 3.15. The second kappa shape index (κ2) is 6.22. The van der Waals surface area contributed by atoms with E-state index in [0.29, 0.717) is 11.3 Å². The van der Waals surface area contributed by atoms with Gasteiger partial charge in [0.05, 0.1) is 11.8 Å². The van der Waals surface area contributed by atoms with E-state index in [0.717, 1.165) is 11.3 Å². The molecule has 0 unspecified atom stereocenters. The van der Waals surface area contributed by atoms with Crippen LogP contribution in [0.3, 0.4) is 0 Å². The van der Waals surface area contributed by atoms with Crippen molar-refractivity contribution in [3.63, 3.8) is 0 Å². The molecule has 8 heteroatoms. The molecule has 0 aliphatic heterocycles. The fourth-order valence-corrected chi connectivity index (χ4v) is 2.48. The van der Waals surface area contributed by atoms with Gasteiger partial charge in [-0.05, 0) is 37.3 Å². The maximum atomic E-state index is 14.0. The van der Waals surface area contributed by atoms with E-state index < -0.39 is 5.82 Å². The molecule has 6 nitrogen and oxygen atoms in total. The lowest BCUT2D eigenvalue weighted by atomic mass is 10.2. The Morgan fingerprint density at radius 1 is 1.42 bits per heavy atom. The minimum absolute atomic E-state index is 0.249. The van der Waals surface area contributed by atoms with Gasteiger partial charge in [-0.3, -0.25) is 0 Å². The Bertz CT molecular complexity index is 1030. The van der Waals surface area contributed by atoms with Crippen LogP contribution in [0.15, 0.2) is 35.4 Å². The fraction of sp³-hybridized carbons (Fsp3) is 0.125. The largest absolute Gasteiger partial charge is 0.339 e. The first-order chi connectivity index (χ1) is 11.5. The van der Waals surface area contributed by atoms with Crippen LogP contribution in [-0.2, 0) is 7.05 Å². The highest BCUT2D eigenvalue weighted by Crippen LogP contribution is 2.20. The molecule has 24 heavy (non-hydrogen) atoms. The molecule has 1 aromatic carbocycles. The Morgan fingerprint density at radius 2 is 2.17 bits per heavy atom. The minimum Gasteiger partial charge on any atom is -0.339 e. The predicted molar refractivity (Wildman–Crippen MR) is 90.7 cm³/mol. The summed E-state index contributed by atoms with van der Waals surface area (Å²) in [4.78, 5) is 0. The zero-order valence-corrected chi connectivity index (χ0v) is 13.8. The maximum Gasteiger partial charge on any atom is 0.216 e. The number of hydrogen-bond acceptors (Lipinski definition) is 4. The molecule has 0 atom stereocenters. The van der Waals surface area contributed by atoms with Crippen LogP contribution in [0.1, 0.15) is 17.0 Å². The summed E-state index contributed by atoms with van der Waals surface area (Å²) >= 11 is 5.17. The molecule has 0 fully saturated rings. The zero-order chi connectivity index (χ0) is 17.3. The Hall–Kier alpha value is -3.05. The van der Waals surface area contributed by atoms with Gasteiger partial charge < -0.3 is 4.57 Å². The standard InChI is InChI=1S/C16H13FN6S/c1-10-11(7-12(8-18)22(10)2)9-19-23-15(20-21-16(23)24)13-5-3-4-6-14(13)17/h3-7,9H,1-2H3,(H,21,24)/b19-9-. The molecule has 3 aromatic rings. The van der Waals surface area contributed by atoms with Crippen LogP contribution in [0.25, 0.3) is 11.4 Å². The second-order valence-electron chi connectivity index (χ2n) is 5.13. The average Bonchev–Trinajstić information content (AvgIpc) is 3.07. The number of aromatic amines is 1. The van der Waals surface area contributed by atoms with E-state index in [-0.39, 0.29) is 10.6 Å². The first kappa shape index (κ1) is 15.8. The van der Waals surface area contributed by atoms with Gasteiger partial charge in [0.2, 0.25) is 4.77 Å². The molecule has 0 amide bonds. The van der Waals surface area contributed by atoms with Gasteiger partial charge in [-0.1, -0.05) is 12.1 Å². The molecule has 0 radical (unpaired) electrons. The molecular weight excluding hydrogens is 327 g/mol. The molecule has 0 aliphatic rings. The van der Waals surface area contributed by atoms with Gasteiger partial charge in [-0.15, -0.1) is 0 Å². The quantitative estimate of drug-likeness (QED) is 0.588. The van der Waals surface area contributed by atoms with Crippen LogP contribution >= 0.6 is 12.2 Å². The SMILES string of the molecule is Cc1c(/C=N\n2c(-c3ccccc3F)n[nH]c2=S)cc(C#N)n1C. The Kier molecular flexibility index (Phi) is 4.10. The first-order valence-electron chi connectivity index (χ1n) is 7.06. The summed E-state index contributed by atoms with van der Waals surface area (Å²) in [6.45, 7) is 1.88. The van der Waals surface area contributed by atoms with Crippen molar-refractivity contribution < 1.29 is 4.39 Å². The van der Waals surface area contributed by atoms with Crippen molar-refractivity contribution >= 4 is 18.4 Å². The number of aromatic nitrogens is 4. The van der Waals surface area contributed by atoms with E-state index in [1.165, 1.54) is 10.7 Å². The third kappa shape index (κ3) is 2.66. The molecule has 0 bridgehead atoms. The number of halogens is 1. The van der Waals surface area contributed by atoms with Gasteiger partial charge in [-0.25, -0.2) is 9.49 Å². The van der Waals surface area contributed by atoms with Gasteiger partial charge in [0.15, 0.2) is 5.82 Å². The van der Waals surface area contributed by atoms with Gasteiger partial charge >= 0.3 is 0 Å². The minimum atomic E-state index is -0.411. The van der Waals surface area contributed by atoms with Crippen molar-refractivity contribution in [3.05, 3.63) is 57.9 Å². The van der Waals surface area contributed by atoms with Gasteiger partial charge in [0, 0.05) is 18.3 Å². The smallest absolute Gasteiger partial charge is 0.216 e. The maximum absolute atomic E-state index is 14.0. The highest BCUT2D eigenvalue weighted by Gasteiger charge is 2.13. The summed E-state index contributed by atoms with van der Waals surface area (Å²) in [5.74, 6) is -0.131. The van der Waals surface area contributed by atoms with Crippen LogP contribution in [0.4, 0.5) is 4.39 Å². The summed E-state index contributed by atoms with van der Waals surface area (Å²) in [5, 5.41) is 20.1. The number of rotatable bonds is 3. The molecule has 2 heterocycles. The lowest BCUT2D eigenvalue weighted by molar-refractivity contribution is 0.628. The Morgan fingerprint density at radius 3 is 2.83 bits per heavy atom. The molecule has 3 rings (SSSR count). The van der Waals surface area contributed by atoms with E-state index in [1.54, 1.807) is 42.1 Å². The van der Waals surface area contributed by atoms with Crippen LogP contribution < -0.4 is 0 Å². The van der Waals surface area contributed by atoms with E-state index in [1.807, 2.05) is 6.92 Å². The molecule has 2 aromatic heterocycles. The van der Waals surface area contributed by atoms with E-state index in [9.17, 15) is 4.39 Å². The Labute approximate surface area is 142 Å². The zero-order valence-electron chi connectivity index (χ0n) is 13.0. The monoisotopic (exact) mass is 340 g/mol. The van der Waals surface area contributed by atoms with Crippen molar-refractivity contribution in [1.29, 1.82) is 5.26 Å². The van der Waals surface area contributed by atoms with E-state index in [2.05, 4.69) is 21.4 Å². The summed E-state index contributed by atoms with van der Waals surface area (Å²) < 4.78 is 17.4. The summed E-state index contributed by atoms with van der Waals surface area (Å²) in [5.41, 5.74) is 2.48. The van der Waals surface area contributed by atoms with Crippen molar-refractivity contribution in [3.8, 4) is 17.5 Å². The third-order valence-corrected chi connectivity index (χ3v) is 4.03. The van der Waals surface area contributed by atoms with Gasteiger partial charge in [0.25, 0.3) is 0 Å². The highest BCUT2D eigenvalue weighted by molar-refractivity contribution is 7.71. The normalized spacial score (nSPS) is 11.1. The molecular formula is C16H13FN6S. The van der Waals surface area contributed by atoms with Gasteiger partial charge in [-0.2, -0.15) is 20.1 Å². The molecule has 120 valence electrons. The highest BCUT2D eigenvalue weighted by atomic mass is 32.1. The molecule has 1 N–H and O–H groups in total. The van der Waals surface area contributed by atoms with Crippen molar-refractivity contribution in [1.82, 2.24) is 19.4 Å². The lowest BCUT2D eigenvalue weighted by Gasteiger charge is -2.02. The number of nitriles is 1. The van der Waals surface area contributed by atoms with Crippen molar-refractivity contribution in [2.24, 2.45) is 12.1 Å². The van der Waals surface area contributed by atoms with Crippen LogP contribution in [-0.4, -0.2) is 25.7 Å². The number of benzene rings is 1. The topological polar surface area (TPSA) is 74.7 Å². The number of hydrogen-bond donors (Lipinski definition) is 1. The molecule has 0 saturated carbocycles. The number of nitrogens with one attached hydrogen (secondary N) is 1. The van der Waals surface area contributed by atoms with E-state index >= 15 is 0 Å². The van der Waals surface area contributed by atoms with Crippen molar-refractivity contribution in [2.75, 3.05) is 0 Å². The van der Waals surface area contributed by atoms with E-state index in [4.69, 9.17) is 17.5 Å². The summed E-state index contributed by atoms with van der Waals surface area (Å²) in [7, 11) is 1.81.